The molecule has 0 aliphatic carbocycles. The van der Waals surface area contributed by atoms with E-state index in [1.807, 2.05) is 0 Å². The molecule has 0 saturated carbocycles. The third-order valence-corrected chi connectivity index (χ3v) is 4.21. The van der Waals surface area contributed by atoms with Crippen molar-refractivity contribution in [3.05, 3.63) is 71.9 Å². The number of pyridine rings is 1. The van der Waals surface area contributed by atoms with Crippen molar-refractivity contribution in [2.75, 3.05) is 17.7 Å². The Bertz CT molecular complexity index is 1040. The van der Waals surface area contributed by atoms with E-state index in [-0.39, 0.29) is 5.91 Å². The number of nitrogens with zero attached hydrogens (tertiary/aromatic N) is 1. The van der Waals surface area contributed by atoms with E-state index in [0.717, 1.165) is 0 Å². The zero-order valence-corrected chi connectivity index (χ0v) is 17.6. The molecule has 9 heteroatoms. The van der Waals surface area contributed by atoms with E-state index < -0.39 is 12.2 Å². The van der Waals surface area contributed by atoms with Crippen LogP contribution in [0.5, 0.6) is 17.4 Å². The van der Waals surface area contributed by atoms with E-state index in [1.165, 1.54) is 13.3 Å². The summed E-state index contributed by atoms with van der Waals surface area (Å²) in [5, 5.41) is 5.80. The molecule has 0 fully saturated rings. The average Bonchev–Trinajstić information content (AvgIpc) is 2.76. The van der Waals surface area contributed by atoms with E-state index >= 15 is 0 Å². The van der Waals surface area contributed by atoms with Crippen LogP contribution in [0.1, 0.15) is 6.92 Å². The topological polar surface area (TPSA) is 98.8 Å². The lowest BCUT2D eigenvalue weighted by Gasteiger charge is -2.15. The standard InChI is InChI=1S/C22H20ClN3O5/c1-14(21(27)25-16-4-3-5-17(12-16)26-22(28)29-2)30-18-7-9-19(10-8-18)31-20-11-6-15(23)13-24-20/h3-14H,1-2H3,(H,25,27)(H,26,28). The lowest BCUT2D eigenvalue weighted by atomic mass is 10.2. The number of aromatic nitrogens is 1. The second-order valence-electron chi connectivity index (χ2n) is 6.33. The first-order chi connectivity index (χ1) is 14.9. The number of hydrogen-bond donors (Lipinski definition) is 2. The van der Waals surface area contributed by atoms with Gasteiger partial charge in [0.1, 0.15) is 11.5 Å². The molecule has 2 aromatic carbocycles. The Balaban J connectivity index is 1.55. The van der Waals surface area contributed by atoms with Crippen molar-refractivity contribution in [3.63, 3.8) is 0 Å². The van der Waals surface area contributed by atoms with E-state index in [9.17, 15) is 9.59 Å². The molecule has 1 aromatic heterocycles. The molecule has 0 bridgehead atoms. The van der Waals surface area contributed by atoms with Crippen LogP contribution in [0.2, 0.25) is 5.02 Å². The summed E-state index contributed by atoms with van der Waals surface area (Å²) in [6.07, 6.45) is 0.136. The first kappa shape index (κ1) is 21.9. The second kappa shape index (κ2) is 10.3. The smallest absolute Gasteiger partial charge is 0.411 e. The minimum atomic E-state index is -0.762. The summed E-state index contributed by atoms with van der Waals surface area (Å²) in [4.78, 5) is 27.8. The minimum absolute atomic E-state index is 0.346. The van der Waals surface area contributed by atoms with Gasteiger partial charge in [-0.05, 0) is 55.5 Å². The van der Waals surface area contributed by atoms with E-state index in [0.29, 0.717) is 33.8 Å². The van der Waals surface area contributed by atoms with Gasteiger partial charge in [0.15, 0.2) is 6.10 Å². The highest BCUT2D eigenvalue weighted by molar-refractivity contribution is 6.30. The van der Waals surface area contributed by atoms with Gasteiger partial charge in [-0.25, -0.2) is 9.78 Å². The zero-order chi connectivity index (χ0) is 22.2. The Morgan fingerprint density at radius 2 is 1.65 bits per heavy atom. The molecule has 0 aliphatic heterocycles. The first-order valence-electron chi connectivity index (χ1n) is 9.25. The molecule has 8 nitrogen and oxygen atoms in total. The van der Waals surface area contributed by atoms with Gasteiger partial charge in [-0.15, -0.1) is 0 Å². The van der Waals surface area contributed by atoms with Gasteiger partial charge >= 0.3 is 6.09 Å². The van der Waals surface area contributed by atoms with Gasteiger partial charge in [-0.3, -0.25) is 10.1 Å². The number of nitrogens with one attached hydrogen (secondary N) is 2. The number of ether oxygens (including phenoxy) is 3. The van der Waals surface area contributed by atoms with E-state index in [1.54, 1.807) is 67.6 Å². The number of methoxy groups -OCH3 is 1. The van der Waals surface area contributed by atoms with Crippen molar-refractivity contribution in [3.8, 4) is 17.4 Å². The summed E-state index contributed by atoms with van der Waals surface area (Å²) in [6, 6.07) is 16.8. The summed E-state index contributed by atoms with van der Waals surface area (Å²) in [5.74, 6) is 1.13. The Hall–Kier alpha value is -3.78. The van der Waals surface area contributed by atoms with Crippen molar-refractivity contribution in [1.82, 2.24) is 4.98 Å². The molecule has 1 unspecified atom stereocenters. The lowest BCUT2D eigenvalue weighted by Crippen LogP contribution is -2.30. The third-order valence-electron chi connectivity index (χ3n) is 3.99. The molecule has 3 rings (SSSR count). The molecule has 2 amide bonds. The molecule has 160 valence electrons. The van der Waals surface area contributed by atoms with Crippen molar-refractivity contribution in [2.24, 2.45) is 0 Å². The predicted molar refractivity (Wildman–Crippen MR) is 117 cm³/mol. The SMILES string of the molecule is COC(=O)Nc1cccc(NC(=O)C(C)Oc2ccc(Oc3ccc(Cl)cn3)cc2)c1. The first-order valence-corrected chi connectivity index (χ1v) is 9.63. The summed E-state index contributed by atoms with van der Waals surface area (Å²) in [5.41, 5.74) is 0.998. The maximum Gasteiger partial charge on any atom is 0.411 e. The van der Waals surface area contributed by atoms with Gasteiger partial charge in [-0.1, -0.05) is 17.7 Å². The van der Waals surface area contributed by atoms with Crippen LogP contribution in [-0.2, 0) is 9.53 Å². The molecule has 3 aromatic rings. The fourth-order valence-corrected chi connectivity index (χ4v) is 2.59. The maximum absolute atomic E-state index is 12.5. The van der Waals surface area contributed by atoms with Gasteiger partial charge in [0.05, 0.1) is 12.1 Å². The van der Waals surface area contributed by atoms with Crippen LogP contribution in [0.25, 0.3) is 0 Å². The van der Waals surface area contributed by atoms with Crippen molar-refractivity contribution in [2.45, 2.75) is 13.0 Å². The molecule has 2 N–H and O–H groups in total. The number of carbonyl (C=O) groups excluding carboxylic acids is 2. The molecule has 1 heterocycles. The van der Waals surface area contributed by atoms with Gasteiger partial charge in [0.25, 0.3) is 5.91 Å². The summed E-state index contributed by atoms with van der Waals surface area (Å²) in [6.45, 7) is 1.63. The normalized spacial score (nSPS) is 11.2. The van der Waals surface area contributed by atoms with Gasteiger partial charge < -0.3 is 19.5 Å². The number of amides is 2. The van der Waals surface area contributed by atoms with Gasteiger partial charge in [-0.2, -0.15) is 0 Å². The molecule has 0 saturated heterocycles. The molecule has 31 heavy (non-hydrogen) atoms. The third kappa shape index (κ3) is 6.61. The molecule has 1 atom stereocenters. The fourth-order valence-electron chi connectivity index (χ4n) is 2.47. The van der Waals surface area contributed by atoms with E-state index in [2.05, 4.69) is 20.4 Å². The van der Waals surface area contributed by atoms with Crippen LogP contribution in [-0.4, -0.2) is 30.2 Å². The van der Waals surface area contributed by atoms with Crippen molar-refractivity contribution in [1.29, 1.82) is 0 Å². The van der Waals surface area contributed by atoms with Crippen LogP contribution in [0.15, 0.2) is 66.9 Å². The number of anilines is 2. The fraction of sp³-hybridized carbons (Fsp3) is 0.136. The monoisotopic (exact) mass is 441 g/mol. The number of carbonyl (C=O) groups is 2. The Kier molecular flexibility index (Phi) is 7.29. The Morgan fingerprint density at radius 1 is 0.968 bits per heavy atom. The lowest BCUT2D eigenvalue weighted by molar-refractivity contribution is -0.122. The van der Waals surface area contributed by atoms with Crippen LogP contribution >= 0.6 is 11.6 Å². The summed E-state index contributed by atoms with van der Waals surface area (Å²) >= 11 is 5.81. The highest BCUT2D eigenvalue weighted by Gasteiger charge is 2.15. The van der Waals surface area contributed by atoms with E-state index in [4.69, 9.17) is 21.1 Å². The molecule has 0 radical (unpaired) electrons. The average molecular weight is 442 g/mol. The van der Waals surface area contributed by atoms with Crippen LogP contribution in [0.4, 0.5) is 16.2 Å². The maximum atomic E-state index is 12.5. The summed E-state index contributed by atoms with van der Waals surface area (Å²) < 4.78 is 15.9. The quantitative estimate of drug-likeness (QED) is 0.528. The summed E-state index contributed by atoms with van der Waals surface area (Å²) in [7, 11) is 1.27. The van der Waals surface area contributed by atoms with Crippen molar-refractivity contribution < 1.29 is 23.8 Å². The highest BCUT2D eigenvalue weighted by Crippen LogP contribution is 2.24. The highest BCUT2D eigenvalue weighted by atomic mass is 35.5. The number of halogens is 1. The predicted octanol–water partition coefficient (Wildman–Crippen LogP) is 5.11. The number of hydrogen-bond acceptors (Lipinski definition) is 6. The van der Waals surface area contributed by atoms with Gasteiger partial charge in [0.2, 0.25) is 5.88 Å². The number of benzene rings is 2. The van der Waals surface area contributed by atoms with Crippen LogP contribution in [0.3, 0.4) is 0 Å². The van der Waals surface area contributed by atoms with Crippen LogP contribution in [0, 0.1) is 0 Å². The molecular formula is C22H20ClN3O5. The zero-order valence-electron chi connectivity index (χ0n) is 16.8. The Morgan fingerprint density at radius 3 is 2.29 bits per heavy atom. The molecular weight excluding hydrogens is 422 g/mol. The Labute approximate surface area is 184 Å². The van der Waals surface area contributed by atoms with Gasteiger partial charge in [0, 0.05) is 23.6 Å². The molecule has 0 spiro atoms. The minimum Gasteiger partial charge on any atom is -0.481 e. The number of rotatable bonds is 7. The van der Waals surface area contributed by atoms with Crippen molar-refractivity contribution >= 4 is 35.0 Å². The molecule has 0 aliphatic rings. The second-order valence-corrected chi connectivity index (χ2v) is 6.77. The largest absolute Gasteiger partial charge is 0.481 e. The van der Waals surface area contributed by atoms with Crippen LogP contribution < -0.4 is 20.1 Å².